The van der Waals surface area contributed by atoms with Gasteiger partial charge in [0.25, 0.3) is 0 Å². The number of benzene rings is 1. The highest BCUT2D eigenvalue weighted by Crippen LogP contribution is 2.33. The van der Waals surface area contributed by atoms with E-state index in [9.17, 15) is 13.2 Å². The zero-order valence-corrected chi connectivity index (χ0v) is 15.1. The van der Waals surface area contributed by atoms with Crippen LogP contribution in [0, 0.1) is 0 Å². The summed E-state index contributed by atoms with van der Waals surface area (Å²) in [7, 11) is 2.07. The second-order valence-electron chi connectivity index (χ2n) is 5.84. The highest BCUT2D eigenvalue weighted by atomic mass is 32.1. The van der Waals surface area contributed by atoms with Gasteiger partial charge in [0.1, 0.15) is 0 Å². The number of alkyl halides is 3. The molecule has 0 atom stereocenters. The van der Waals surface area contributed by atoms with E-state index in [1.54, 1.807) is 11.4 Å². The van der Waals surface area contributed by atoms with Gasteiger partial charge in [-0.3, -0.25) is 0 Å². The monoisotopic (exact) mass is 386 g/mol. The second-order valence-corrected chi connectivity index (χ2v) is 7.08. The standard InChI is InChI=1S/C16H17F3N4S2/c1-22-5-7-23(8-6-22)15(24)21-14-20-13(10-25-14)11-3-2-4-12(9-11)16(17,18)19/h2-4,9-10H,5-8H2,1H3,(H,20,21,24). The Morgan fingerprint density at radius 2 is 1.96 bits per heavy atom. The molecule has 0 amide bonds. The van der Waals surface area contributed by atoms with E-state index in [2.05, 4.69) is 27.1 Å². The van der Waals surface area contributed by atoms with E-state index in [1.165, 1.54) is 17.4 Å². The van der Waals surface area contributed by atoms with Gasteiger partial charge >= 0.3 is 6.18 Å². The molecule has 2 heterocycles. The maximum absolute atomic E-state index is 12.8. The molecule has 1 aliphatic heterocycles. The predicted molar refractivity (Wildman–Crippen MR) is 97.8 cm³/mol. The quantitative estimate of drug-likeness (QED) is 0.794. The average molecular weight is 386 g/mol. The number of nitrogens with one attached hydrogen (secondary N) is 1. The fourth-order valence-electron chi connectivity index (χ4n) is 2.50. The molecule has 0 saturated carbocycles. The summed E-state index contributed by atoms with van der Waals surface area (Å²) >= 11 is 6.73. The highest BCUT2D eigenvalue weighted by Gasteiger charge is 2.30. The lowest BCUT2D eigenvalue weighted by molar-refractivity contribution is -0.137. The van der Waals surface area contributed by atoms with Crippen LogP contribution in [0.25, 0.3) is 11.3 Å². The summed E-state index contributed by atoms with van der Waals surface area (Å²) in [6.07, 6.45) is -4.36. The van der Waals surface area contributed by atoms with Gasteiger partial charge in [0.2, 0.25) is 0 Å². The van der Waals surface area contributed by atoms with Crippen molar-refractivity contribution in [2.45, 2.75) is 6.18 Å². The fourth-order valence-corrected chi connectivity index (χ4v) is 3.56. The van der Waals surface area contributed by atoms with Gasteiger partial charge in [-0.25, -0.2) is 4.98 Å². The molecule has 0 spiro atoms. The molecule has 2 aromatic rings. The van der Waals surface area contributed by atoms with Crippen LogP contribution < -0.4 is 5.32 Å². The van der Waals surface area contributed by atoms with Crippen LogP contribution in [0.3, 0.4) is 0 Å². The van der Waals surface area contributed by atoms with E-state index in [4.69, 9.17) is 12.2 Å². The fraction of sp³-hybridized carbons (Fsp3) is 0.375. The Morgan fingerprint density at radius 3 is 2.64 bits per heavy atom. The molecule has 1 N–H and O–H groups in total. The number of nitrogens with zero attached hydrogens (tertiary/aromatic N) is 3. The second kappa shape index (κ2) is 7.27. The van der Waals surface area contributed by atoms with Crippen LogP contribution in [0.15, 0.2) is 29.6 Å². The summed E-state index contributed by atoms with van der Waals surface area (Å²) in [5, 5.41) is 5.99. The van der Waals surface area contributed by atoms with Gasteiger partial charge in [-0.1, -0.05) is 12.1 Å². The van der Waals surface area contributed by atoms with Crippen LogP contribution >= 0.6 is 23.6 Å². The highest BCUT2D eigenvalue weighted by molar-refractivity contribution is 7.80. The lowest BCUT2D eigenvalue weighted by Gasteiger charge is -2.33. The van der Waals surface area contributed by atoms with Crippen molar-refractivity contribution >= 4 is 33.8 Å². The number of thiazole rings is 1. The summed E-state index contributed by atoms with van der Waals surface area (Å²) in [6, 6.07) is 5.17. The molecule has 9 heteroatoms. The lowest BCUT2D eigenvalue weighted by Crippen LogP contribution is -2.48. The van der Waals surface area contributed by atoms with Crippen LogP contribution in [-0.4, -0.2) is 53.1 Å². The van der Waals surface area contributed by atoms with Crippen molar-refractivity contribution in [3.05, 3.63) is 35.2 Å². The maximum atomic E-state index is 12.8. The minimum atomic E-state index is -4.36. The van der Waals surface area contributed by atoms with Gasteiger partial charge in [-0.05, 0) is 31.4 Å². The van der Waals surface area contributed by atoms with Crippen LogP contribution in [-0.2, 0) is 6.18 Å². The van der Waals surface area contributed by atoms with E-state index < -0.39 is 11.7 Å². The molecular weight excluding hydrogens is 369 g/mol. The molecule has 3 rings (SSSR count). The molecule has 1 fully saturated rings. The Balaban J connectivity index is 1.69. The number of hydrogen-bond donors (Lipinski definition) is 1. The number of halogens is 3. The first-order valence-corrected chi connectivity index (χ1v) is 8.99. The Bertz CT molecular complexity index is 752. The smallest absolute Gasteiger partial charge is 0.346 e. The zero-order chi connectivity index (χ0) is 18.0. The number of likely N-dealkylation sites (N-methyl/N-ethyl adjacent to an activating group) is 1. The summed E-state index contributed by atoms with van der Waals surface area (Å²) in [6.45, 7) is 3.56. The average Bonchev–Trinajstić information content (AvgIpc) is 3.03. The van der Waals surface area contributed by atoms with Gasteiger partial charge in [0, 0.05) is 37.1 Å². The molecule has 0 radical (unpaired) electrons. The minimum Gasteiger partial charge on any atom is -0.346 e. The summed E-state index contributed by atoms with van der Waals surface area (Å²) < 4.78 is 38.5. The molecule has 4 nitrogen and oxygen atoms in total. The number of rotatable bonds is 2. The molecule has 1 saturated heterocycles. The van der Waals surface area contributed by atoms with E-state index in [1.807, 2.05) is 0 Å². The summed E-state index contributed by atoms with van der Waals surface area (Å²) in [5.41, 5.74) is 0.255. The first-order chi connectivity index (χ1) is 11.8. The van der Waals surface area contributed by atoms with Crippen molar-refractivity contribution in [2.24, 2.45) is 0 Å². The van der Waals surface area contributed by atoms with E-state index in [0.29, 0.717) is 21.5 Å². The van der Waals surface area contributed by atoms with Crippen LogP contribution in [0.4, 0.5) is 18.3 Å². The van der Waals surface area contributed by atoms with Gasteiger partial charge in [-0.2, -0.15) is 13.2 Å². The van der Waals surface area contributed by atoms with Gasteiger partial charge in [-0.15, -0.1) is 11.3 Å². The van der Waals surface area contributed by atoms with Crippen molar-refractivity contribution in [3.63, 3.8) is 0 Å². The molecule has 134 valence electrons. The predicted octanol–water partition coefficient (Wildman–Crippen LogP) is 3.77. The Kier molecular flexibility index (Phi) is 5.26. The first-order valence-electron chi connectivity index (χ1n) is 7.70. The molecule has 1 aromatic carbocycles. The SMILES string of the molecule is CN1CCN(C(=S)Nc2nc(-c3cccc(C(F)(F)F)c3)cs2)CC1. The molecule has 25 heavy (non-hydrogen) atoms. The molecule has 1 aliphatic rings. The summed E-state index contributed by atoms with van der Waals surface area (Å²) in [5.74, 6) is 0. The van der Waals surface area contributed by atoms with Gasteiger partial charge < -0.3 is 15.1 Å². The minimum absolute atomic E-state index is 0.435. The van der Waals surface area contributed by atoms with E-state index >= 15 is 0 Å². The number of anilines is 1. The molecular formula is C16H17F3N4S2. The number of hydrogen-bond acceptors (Lipinski definition) is 4. The third-order valence-electron chi connectivity index (χ3n) is 3.99. The van der Waals surface area contributed by atoms with E-state index in [-0.39, 0.29) is 0 Å². The van der Waals surface area contributed by atoms with Gasteiger partial charge in [0.05, 0.1) is 11.3 Å². The Hall–Kier alpha value is -1.71. The van der Waals surface area contributed by atoms with Crippen molar-refractivity contribution in [1.29, 1.82) is 0 Å². The third-order valence-corrected chi connectivity index (χ3v) is 5.11. The van der Waals surface area contributed by atoms with Crippen molar-refractivity contribution in [3.8, 4) is 11.3 Å². The van der Waals surface area contributed by atoms with Crippen molar-refractivity contribution in [1.82, 2.24) is 14.8 Å². The largest absolute Gasteiger partial charge is 0.416 e. The lowest BCUT2D eigenvalue weighted by atomic mass is 10.1. The zero-order valence-electron chi connectivity index (χ0n) is 13.5. The van der Waals surface area contributed by atoms with Gasteiger partial charge in [0.15, 0.2) is 10.2 Å². The Morgan fingerprint density at radius 1 is 1.24 bits per heavy atom. The number of aromatic nitrogens is 1. The third kappa shape index (κ3) is 4.47. The van der Waals surface area contributed by atoms with Crippen molar-refractivity contribution < 1.29 is 13.2 Å². The number of piperazine rings is 1. The van der Waals surface area contributed by atoms with Crippen LogP contribution in [0.1, 0.15) is 5.56 Å². The molecule has 0 aliphatic carbocycles. The maximum Gasteiger partial charge on any atom is 0.416 e. The molecule has 0 bridgehead atoms. The van der Waals surface area contributed by atoms with Crippen LogP contribution in [0.5, 0.6) is 0 Å². The Labute approximate surface area is 153 Å². The van der Waals surface area contributed by atoms with E-state index in [0.717, 1.165) is 38.3 Å². The number of thiocarbonyl (C=S) groups is 1. The van der Waals surface area contributed by atoms with Crippen LogP contribution in [0.2, 0.25) is 0 Å². The molecule has 0 unspecified atom stereocenters. The normalized spacial score (nSPS) is 16.1. The first kappa shape index (κ1) is 18.1. The molecule has 1 aromatic heterocycles. The summed E-state index contributed by atoms with van der Waals surface area (Å²) in [4.78, 5) is 8.67. The van der Waals surface area contributed by atoms with Crippen molar-refractivity contribution in [2.75, 3.05) is 38.5 Å². The topological polar surface area (TPSA) is 31.4 Å².